The minimum atomic E-state index is -3.69. The maximum atomic E-state index is 13.1. The number of hydrogen-bond acceptors (Lipinski definition) is 7. The SMILES string of the molecule is COc1cc(C)c(S(=O)(=O)N(C)CCOCC(=O)N(C)CC2CCC(OCCN3CCCC3)CC2)c(C)c1. The van der Waals surface area contributed by atoms with Crippen LogP contribution in [-0.4, -0.2) is 108 Å². The first-order valence-corrected chi connectivity index (χ1v) is 15.3. The number of ether oxygens (including phenoxy) is 3. The van der Waals surface area contributed by atoms with Crippen LogP contribution in [0.4, 0.5) is 0 Å². The molecule has 0 aromatic heterocycles. The van der Waals surface area contributed by atoms with Crippen molar-refractivity contribution in [2.75, 3.05) is 73.7 Å². The molecular formula is C28H47N3O6S. The molecular weight excluding hydrogens is 506 g/mol. The summed E-state index contributed by atoms with van der Waals surface area (Å²) in [7, 11) is 1.22. The molecule has 1 heterocycles. The molecule has 0 atom stereocenters. The highest BCUT2D eigenvalue weighted by Crippen LogP contribution is 2.28. The van der Waals surface area contributed by atoms with E-state index in [2.05, 4.69) is 4.90 Å². The fraction of sp³-hybridized carbons (Fsp3) is 0.750. The van der Waals surface area contributed by atoms with Crippen molar-refractivity contribution in [3.63, 3.8) is 0 Å². The van der Waals surface area contributed by atoms with E-state index < -0.39 is 10.0 Å². The third kappa shape index (κ3) is 8.64. The fourth-order valence-corrected chi connectivity index (χ4v) is 7.06. The highest BCUT2D eigenvalue weighted by molar-refractivity contribution is 7.89. The molecule has 0 spiro atoms. The molecule has 1 aliphatic carbocycles. The van der Waals surface area contributed by atoms with Crippen molar-refractivity contribution >= 4 is 15.9 Å². The van der Waals surface area contributed by atoms with Crippen LogP contribution >= 0.6 is 0 Å². The molecule has 0 N–H and O–H groups in total. The first-order valence-electron chi connectivity index (χ1n) is 13.9. The van der Waals surface area contributed by atoms with E-state index in [0.29, 0.717) is 35.4 Å². The molecule has 1 saturated carbocycles. The zero-order chi connectivity index (χ0) is 27.7. The second-order valence-corrected chi connectivity index (χ2v) is 12.8. The zero-order valence-electron chi connectivity index (χ0n) is 23.9. The van der Waals surface area contributed by atoms with Crippen LogP contribution in [0.1, 0.15) is 49.7 Å². The van der Waals surface area contributed by atoms with Crippen molar-refractivity contribution in [1.82, 2.24) is 14.1 Å². The topological polar surface area (TPSA) is 88.6 Å². The molecule has 1 amide bonds. The van der Waals surface area contributed by atoms with Gasteiger partial charge in [0.25, 0.3) is 0 Å². The molecule has 0 bridgehead atoms. The second kappa shape index (κ2) is 14.6. The number of methoxy groups -OCH3 is 1. The number of likely N-dealkylation sites (tertiary alicyclic amines) is 1. The average Bonchev–Trinajstić information content (AvgIpc) is 3.40. The van der Waals surface area contributed by atoms with Gasteiger partial charge in [0.1, 0.15) is 12.4 Å². The Morgan fingerprint density at radius 3 is 2.26 bits per heavy atom. The highest BCUT2D eigenvalue weighted by atomic mass is 32.2. The Labute approximate surface area is 229 Å². The van der Waals surface area contributed by atoms with Crippen LogP contribution in [0.25, 0.3) is 0 Å². The van der Waals surface area contributed by atoms with Gasteiger partial charge < -0.3 is 24.0 Å². The van der Waals surface area contributed by atoms with Crippen LogP contribution in [0.15, 0.2) is 17.0 Å². The Bertz CT molecular complexity index is 981. The molecule has 1 aromatic rings. The third-order valence-electron chi connectivity index (χ3n) is 7.83. The lowest BCUT2D eigenvalue weighted by atomic mass is 9.87. The van der Waals surface area contributed by atoms with Gasteiger partial charge >= 0.3 is 0 Å². The van der Waals surface area contributed by atoms with Crippen LogP contribution in [0.2, 0.25) is 0 Å². The van der Waals surface area contributed by atoms with Crippen molar-refractivity contribution in [3.8, 4) is 5.75 Å². The Hall–Kier alpha value is -1.72. The standard InChI is InChI=1S/C28H47N3O6S/c1-22-18-26(35-5)19-23(2)28(22)38(33,34)30(4)14-16-36-21-27(32)29(3)20-24-8-10-25(11-9-24)37-17-15-31-12-6-7-13-31/h18-19,24-25H,6-17,20-21H2,1-5H3. The summed E-state index contributed by atoms with van der Waals surface area (Å²) < 4.78 is 44.4. The molecule has 0 unspecified atom stereocenters. The van der Waals surface area contributed by atoms with Crippen LogP contribution in [0.3, 0.4) is 0 Å². The van der Waals surface area contributed by atoms with Gasteiger partial charge in [-0.05, 0) is 94.6 Å². The first-order chi connectivity index (χ1) is 18.1. The largest absolute Gasteiger partial charge is 0.497 e. The van der Waals surface area contributed by atoms with Crippen molar-refractivity contribution < 1.29 is 27.4 Å². The Kier molecular flexibility index (Phi) is 11.8. The van der Waals surface area contributed by atoms with Crippen molar-refractivity contribution in [3.05, 3.63) is 23.3 Å². The van der Waals surface area contributed by atoms with Gasteiger partial charge in [-0.2, -0.15) is 4.31 Å². The maximum absolute atomic E-state index is 13.1. The average molecular weight is 554 g/mol. The second-order valence-electron chi connectivity index (χ2n) is 10.8. The van der Waals surface area contributed by atoms with Crippen molar-refractivity contribution in [2.24, 2.45) is 5.92 Å². The summed E-state index contributed by atoms with van der Waals surface area (Å²) >= 11 is 0. The number of amides is 1. The van der Waals surface area contributed by atoms with Gasteiger partial charge in [-0.3, -0.25) is 4.79 Å². The van der Waals surface area contributed by atoms with E-state index in [1.165, 1.54) is 37.3 Å². The predicted molar refractivity (Wildman–Crippen MR) is 148 cm³/mol. The molecule has 2 fully saturated rings. The molecule has 1 aliphatic heterocycles. The molecule has 216 valence electrons. The molecule has 0 radical (unpaired) electrons. The van der Waals surface area contributed by atoms with E-state index in [9.17, 15) is 13.2 Å². The minimum Gasteiger partial charge on any atom is -0.497 e. The summed E-state index contributed by atoms with van der Waals surface area (Å²) in [5.41, 5.74) is 1.27. The Balaban J connectivity index is 1.33. The van der Waals surface area contributed by atoms with Gasteiger partial charge in [0.2, 0.25) is 15.9 Å². The number of benzene rings is 1. The van der Waals surface area contributed by atoms with E-state index >= 15 is 0 Å². The molecule has 9 nitrogen and oxygen atoms in total. The van der Waals surface area contributed by atoms with E-state index in [1.807, 2.05) is 7.05 Å². The Morgan fingerprint density at radius 2 is 1.66 bits per heavy atom. The number of sulfonamides is 1. The van der Waals surface area contributed by atoms with E-state index in [0.717, 1.165) is 38.8 Å². The number of hydrogen-bond donors (Lipinski definition) is 0. The number of aryl methyl sites for hydroxylation is 2. The molecule has 2 aliphatic rings. The van der Waals surface area contributed by atoms with Gasteiger partial charge in [-0.15, -0.1) is 0 Å². The quantitative estimate of drug-likeness (QED) is 0.327. The molecule has 1 saturated heterocycles. The van der Waals surface area contributed by atoms with Gasteiger partial charge in [0.15, 0.2) is 0 Å². The summed E-state index contributed by atoms with van der Waals surface area (Å²) in [5.74, 6) is 1.03. The number of likely N-dealkylation sites (N-methyl/N-ethyl adjacent to an activating group) is 2. The minimum absolute atomic E-state index is 0.0556. The molecule has 10 heteroatoms. The van der Waals surface area contributed by atoms with Gasteiger partial charge in [-0.1, -0.05) is 0 Å². The lowest BCUT2D eigenvalue weighted by Gasteiger charge is -2.31. The summed E-state index contributed by atoms with van der Waals surface area (Å²) in [6.07, 6.45) is 7.21. The van der Waals surface area contributed by atoms with Crippen LogP contribution < -0.4 is 4.74 Å². The zero-order valence-corrected chi connectivity index (χ0v) is 24.7. The van der Waals surface area contributed by atoms with Crippen LogP contribution in [0.5, 0.6) is 5.75 Å². The number of nitrogens with zero attached hydrogens (tertiary/aromatic N) is 3. The van der Waals surface area contributed by atoms with E-state index in [4.69, 9.17) is 14.2 Å². The van der Waals surface area contributed by atoms with E-state index in [1.54, 1.807) is 38.0 Å². The van der Waals surface area contributed by atoms with Gasteiger partial charge in [0, 0.05) is 33.7 Å². The third-order valence-corrected chi connectivity index (χ3v) is 9.99. The van der Waals surface area contributed by atoms with Crippen LogP contribution in [-0.2, 0) is 24.3 Å². The predicted octanol–water partition coefficient (Wildman–Crippen LogP) is 3.08. The van der Waals surface area contributed by atoms with Crippen LogP contribution in [0, 0.1) is 19.8 Å². The van der Waals surface area contributed by atoms with Gasteiger partial charge in [0.05, 0.1) is 31.3 Å². The van der Waals surface area contributed by atoms with Crippen molar-refractivity contribution in [1.29, 1.82) is 0 Å². The first kappa shape index (κ1) is 30.8. The smallest absolute Gasteiger partial charge is 0.248 e. The normalized spacial score (nSPS) is 20.7. The maximum Gasteiger partial charge on any atom is 0.248 e. The molecule has 3 rings (SSSR count). The Morgan fingerprint density at radius 1 is 1.03 bits per heavy atom. The molecule has 38 heavy (non-hydrogen) atoms. The van der Waals surface area contributed by atoms with Gasteiger partial charge in [-0.25, -0.2) is 8.42 Å². The number of carbonyl (C=O) groups is 1. The van der Waals surface area contributed by atoms with Crippen molar-refractivity contribution in [2.45, 2.75) is 63.4 Å². The summed E-state index contributed by atoms with van der Waals surface area (Å²) in [4.78, 5) is 17.1. The van der Waals surface area contributed by atoms with E-state index in [-0.39, 0.29) is 30.6 Å². The fourth-order valence-electron chi connectivity index (χ4n) is 5.50. The summed E-state index contributed by atoms with van der Waals surface area (Å²) in [6, 6.07) is 3.43. The highest BCUT2D eigenvalue weighted by Gasteiger charge is 2.26. The number of rotatable bonds is 14. The summed E-state index contributed by atoms with van der Waals surface area (Å²) in [6.45, 7) is 8.76. The lowest BCUT2D eigenvalue weighted by Crippen LogP contribution is -2.37. The number of carbonyl (C=O) groups excluding carboxylic acids is 1. The lowest BCUT2D eigenvalue weighted by molar-refractivity contribution is -0.135. The summed E-state index contributed by atoms with van der Waals surface area (Å²) in [5, 5.41) is 0. The monoisotopic (exact) mass is 553 g/mol. The molecule has 1 aromatic carbocycles.